The van der Waals surface area contributed by atoms with Crippen molar-refractivity contribution in [2.75, 3.05) is 13.2 Å². The third-order valence-corrected chi connectivity index (χ3v) is 10.2. The predicted molar refractivity (Wildman–Crippen MR) is 251 cm³/mol. The molecule has 0 heterocycles. The number of carbonyl (C=O) groups excluding carboxylic acids is 3. The number of esters is 3. The summed E-state index contributed by atoms with van der Waals surface area (Å²) in [6, 6.07) is 0. The van der Waals surface area contributed by atoms with Crippen molar-refractivity contribution in [3.05, 3.63) is 72.9 Å². The van der Waals surface area contributed by atoms with Gasteiger partial charge in [0.1, 0.15) is 13.2 Å². The van der Waals surface area contributed by atoms with Gasteiger partial charge >= 0.3 is 17.9 Å². The smallest absolute Gasteiger partial charge is 0.306 e. The Kier molecular flexibility index (Phi) is 45.0. The van der Waals surface area contributed by atoms with Crippen LogP contribution in [0.25, 0.3) is 0 Å². The van der Waals surface area contributed by atoms with Gasteiger partial charge in [-0.3, -0.25) is 14.4 Å². The molecule has 0 aromatic rings. The molecule has 0 rings (SSSR count). The maximum atomic E-state index is 12.5. The zero-order valence-electron chi connectivity index (χ0n) is 38.5. The second-order valence-corrected chi connectivity index (χ2v) is 16.0. The van der Waals surface area contributed by atoms with Crippen LogP contribution in [0, 0.1) is 0 Å². The Hall–Kier alpha value is -3.15. The number of hydrogen-bond acceptors (Lipinski definition) is 6. The van der Waals surface area contributed by atoms with Crippen molar-refractivity contribution in [2.45, 2.75) is 232 Å². The van der Waals surface area contributed by atoms with E-state index in [1.165, 1.54) is 83.5 Å². The Labute approximate surface area is 363 Å². The Balaban J connectivity index is 3.96. The average Bonchev–Trinajstić information content (AvgIpc) is 3.23. The molecule has 0 radical (unpaired) electrons. The lowest BCUT2D eigenvalue weighted by atomic mass is 10.1. The summed E-state index contributed by atoms with van der Waals surface area (Å²) in [5.74, 6) is -0.904. The van der Waals surface area contributed by atoms with Crippen LogP contribution < -0.4 is 0 Å². The van der Waals surface area contributed by atoms with Gasteiger partial charge in [-0.25, -0.2) is 0 Å². The van der Waals surface area contributed by atoms with Crippen molar-refractivity contribution in [2.24, 2.45) is 0 Å². The fraction of sp³-hybridized carbons (Fsp3) is 0.717. The number of carbonyl (C=O) groups is 3. The Morgan fingerprint density at radius 2 is 0.661 bits per heavy atom. The van der Waals surface area contributed by atoms with E-state index in [4.69, 9.17) is 14.2 Å². The maximum absolute atomic E-state index is 12.5. The van der Waals surface area contributed by atoms with Crippen LogP contribution in [0.4, 0.5) is 0 Å². The highest BCUT2D eigenvalue weighted by Gasteiger charge is 2.19. The molecule has 338 valence electrons. The van der Waals surface area contributed by atoms with Gasteiger partial charge in [0.2, 0.25) is 0 Å². The lowest BCUT2D eigenvalue weighted by Gasteiger charge is -2.18. The van der Waals surface area contributed by atoms with E-state index in [1.54, 1.807) is 0 Å². The molecule has 1 atom stereocenters. The Bertz CT molecular complexity index is 1130. The molecule has 0 aromatic carbocycles. The molecule has 0 N–H and O–H groups in total. The summed E-state index contributed by atoms with van der Waals surface area (Å²) in [6.45, 7) is 6.38. The zero-order valence-corrected chi connectivity index (χ0v) is 38.5. The summed E-state index contributed by atoms with van der Waals surface area (Å²) in [5.41, 5.74) is 0. The van der Waals surface area contributed by atoms with Gasteiger partial charge in [0.15, 0.2) is 6.10 Å². The van der Waals surface area contributed by atoms with Crippen molar-refractivity contribution < 1.29 is 28.6 Å². The zero-order chi connectivity index (χ0) is 43.0. The van der Waals surface area contributed by atoms with Gasteiger partial charge < -0.3 is 14.2 Å². The quantitative estimate of drug-likeness (QED) is 0.0264. The first-order chi connectivity index (χ1) is 29.0. The maximum Gasteiger partial charge on any atom is 0.306 e. The molecule has 1 unspecified atom stereocenters. The van der Waals surface area contributed by atoms with E-state index in [-0.39, 0.29) is 31.1 Å². The minimum Gasteiger partial charge on any atom is -0.462 e. The van der Waals surface area contributed by atoms with Crippen LogP contribution in [-0.2, 0) is 28.6 Å². The molecule has 6 nitrogen and oxygen atoms in total. The third kappa shape index (κ3) is 45.8. The molecule has 0 saturated carbocycles. The third-order valence-electron chi connectivity index (χ3n) is 10.2. The van der Waals surface area contributed by atoms with Crippen molar-refractivity contribution in [3.8, 4) is 0 Å². The monoisotopic (exact) mass is 823 g/mol. The Morgan fingerprint density at radius 1 is 0.356 bits per heavy atom. The molecule has 0 fully saturated rings. The SMILES string of the molecule is CC/C=C\C/C=C\C/C=C\C/C=C\C/C=C\C/C=C\CCCCCCCCCCCCC(=O)OCC(COC(=O)CCCCCCC)OC(=O)CCCCCCCCC. The van der Waals surface area contributed by atoms with Crippen LogP contribution in [-0.4, -0.2) is 37.2 Å². The molecule has 0 spiro atoms. The predicted octanol–water partition coefficient (Wildman–Crippen LogP) is 15.9. The molecule has 0 aliphatic rings. The highest BCUT2D eigenvalue weighted by Crippen LogP contribution is 2.14. The average molecular weight is 823 g/mol. The van der Waals surface area contributed by atoms with Crippen LogP contribution >= 0.6 is 0 Å². The van der Waals surface area contributed by atoms with Gasteiger partial charge in [0.25, 0.3) is 0 Å². The van der Waals surface area contributed by atoms with Crippen molar-refractivity contribution in [1.82, 2.24) is 0 Å². The number of unbranched alkanes of at least 4 members (excludes halogenated alkanes) is 20. The number of rotatable bonds is 43. The summed E-state index contributed by atoms with van der Waals surface area (Å²) in [7, 11) is 0. The number of ether oxygens (including phenoxy) is 3. The van der Waals surface area contributed by atoms with Crippen molar-refractivity contribution in [3.63, 3.8) is 0 Å². The highest BCUT2D eigenvalue weighted by atomic mass is 16.6. The molecular formula is C53H90O6. The van der Waals surface area contributed by atoms with Gasteiger partial charge in [-0.05, 0) is 70.6 Å². The molecular weight excluding hydrogens is 733 g/mol. The van der Waals surface area contributed by atoms with E-state index in [0.29, 0.717) is 19.3 Å². The fourth-order valence-corrected chi connectivity index (χ4v) is 6.56. The second-order valence-electron chi connectivity index (χ2n) is 16.0. The fourth-order valence-electron chi connectivity index (χ4n) is 6.56. The first-order valence-electron chi connectivity index (χ1n) is 24.4. The summed E-state index contributed by atoms with van der Waals surface area (Å²) in [5, 5.41) is 0. The van der Waals surface area contributed by atoms with E-state index in [0.717, 1.165) is 103 Å². The first-order valence-corrected chi connectivity index (χ1v) is 24.4. The van der Waals surface area contributed by atoms with E-state index in [2.05, 4.69) is 93.7 Å². The molecule has 0 aromatic heterocycles. The van der Waals surface area contributed by atoms with Crippen LogP contribution in [0.3, 0.4) is 0 Å². The van der Waals surface area contributed by atoms with E-state index < -0.39 is 6.10 Å². The second kappa shape index (κ2) is 47.5. The van der Waals surface area contributed by atoms with Gasteiger partial charge in [-0.2, -0.15) is 0 Å². The van der Waals surface area contributed by atoms with Gasteiger partial charge in [-0.1, -0.05) is 209 Å². The summed E-state index contributed by atoms with van der Waals surface area (Å²) >= 11 is 0. The van der Waals surface area contributed by atoms with Crippen molar-refractivity contribution in [1.29, 1.82) is 0 Å². The topological polar surface area (TPSA) is 78.9 Å². The minimum atomic E-state index is -0.767. The van der Waals surface area contributed by atoms with Gasteiger partial charge in [0, 0.05) is 19.3 Å². The highest BCUT2D eigenvalue weighted by molar-refractivity contribution is 5.71. The van der Waals surface area contributed by atoms with E-state index in [1.807, 2.05) is 0 Å². The molecule has 0 saturated heterocycles. The molecule has 0 amide bonds. The van der Waals surface area contributed by atoms with Crippen LogP contribution in [0.1, 0.15) is 226 Å². The summed E-state index contributed by atoms with van der Waals surface area (Å²) < 4.78 is 16.5. The lowest BCUT2D eigenvalue weighted by Crippen LogP contribution is -2.30. The van der Waals surface area contributed by atoms with E-state index in [9.17, 15) is 14.4 Å². The molecule has 0 aliphatic carbocycles. The van der Waals surface area contributed by atoms with E-state index >= 15 is 0 Å². The number of hydrogen-bond donors (Lipinski definition) is 0. The standard InChI is InChI=1S/C53H90O6/c1-4-7-10-13-15-16-17-18-19-20-21-22-23-24-25-26-27-28-29-30-31-32-33-34-35-36-38-40-43-46-52(55)58-49-50(48-57-51(54)45-42-39-12-9-6-3)59-53(56)47-44-41-37-14-11-8-5-2/h7,10,15-16,18-19,21-22,24-25,27-28,50H,4-6,8-9,11-14,17,20,23,26,29-49H2,1-3H3/b10-7-,16-15-,19-18-,22-21-,25-24-,28-27-. The van der Waals surface area contributed by atoms with Gasteiger partial charge in [-0.15, -0.1) is 0 Å². The lowest BCUT2D eigenvalue weighted by molar-refractivity contribution is -0.167. The van der Waals surface area contributed by atoms with Crippen LogP contribution in [0.2, 0.25) is 0 Å². The minimum absolute atomic E-state index is 0.0761. The summed E-state index contributed by atoms with van der Waals surface area (Å²) in [4.78, 5) is 37.3. The van der Waals surface area contributed by atoms with Crippen LogP contribution in [0.15, 0.2) is 72.9 Å². The molecule has 6 heteroatoms. The largest absolute Gasteiger partial charge is 0.462 e. The number of allylic oxidation sites excluding steroid dienone is 12. The first kappa shape index (κ1) is 55.9. The van der Waals surface area contributed by atoms with Crippen molar-refractivity contribution >= 4 is 17.9 Å². The molecule has 0 bridgehead atoms. The summed E-state index contributed by atoms with van der Waals surface area (Å²) in [6.07, 6.45) is 59.5. The molecule has 59 heavy (non-hydrogen) atoms. The van der Waals surface area contributed by atoms with Crippen LogP contribution in [0.5, 0.6) is 0 Å². The van der Waals surface area contributed by atoms with Gasteiger partial charge in [0.05, 0.1) is 0 Å². The molecule has 0 aliphatic heterocycles. The Morgan fingerprint density at radius 3 is 1.03 bits per heavy atom. The normalized spacial score (nSPS) is 12.7.